The molecule has 0 saturated heterocycles. The lowest BCUT2D eigenvalue weighted by Crippen LogP contribution is -1.93. The fourth-order valence-corrected chi connectivity index (χ4v) is 6.38. The first kappa shape index (κ1) is 23.6. The van der Waals surface area contributed by atoms with E-state index in [1.165, 1.54) is 82.0 Å². The summed E-state index contributed by atoms with van der Waals surface area (Å²) in [7, 11) is 0. The van der Waals surface area contributed by atoms with E-state index in [1.807, 2.05) is 12.4 Å². The van der Waals surface area contributed by atoms with Gasteiger partial charge in [0.15, 0.2) is 0 Å². The Bertz CT molecular complexity index is 2260. The summed E-state index contributed by atoms with van der Waals surface area (Å²) in [6.07, 6.45) is 3.74. The molecule has 0 N–H and O–H groups in total. The molecule has 0 aliphatic rings. The van der Waals surface area contributed by atoms with E-state index >= 15 is 0 Å². The highest BCUT2D eigenvalue weighted by molar-refractivity contribution is 6.22. The molecule has 0 atom stereocenters. The predicted molar refractivity (Wildman–Crippen MR) is 175 cm³/mol. The molecule has 8 aromatic rings. The van der Waals surface area contributed by atoms with E-state index < -0.39 is 0 Å². The van der Waals surface area contributed by atoms with Crippen LogP contribution in [0.15, 0.2) is 146 Å². The Morgan fingerprint density at radius 1 is 0.366 bits per heavy atom. The predicted octanol–water partition coefficient (Wildman–Crippen LogP) is 11.0. The third-order valence-corrected chi connectivity index (χ3v) is 8.36. The van der Waals surface area contributed by atoms with Gasteiger partial charge in [0.25, 0.3) is 0 Å². The smallest absolute Gasteiger partial charge is 0.0273 e. The van der Waals surface area contributed by atoms with Crippen molar-refractivity contribution >= 4 is 43.1 Å². The van der Waals surface area contributed by atoms with Crippen LogP contribution < -0.4 is 0 Å². The number of aryl methyl sites for hydroxylation is 1. The van der Waals surface area contributed by atoms with Crippen LogP contribution in [0.3, 0.4) is 0 Å². The van der Waals surface area contributed by atoms with Gasteiger partial charge in [0.05, 0.1) is 0 Å². The van der Waals surface area contributed by atoms with Crippen LogP contribution in [0.5, 0.6) is 0 Å². The molecule has 0 unspecified atom stereocenters. The van der Waals surface area contributed by atoms with Crippen LogP contribution in [0.1, 0.15) is 5.56 Å². The van der Waals surface area contributed by atoms with Gasteiger partial charge in [-0.25, -0.2) is 0 Å². The summed E-state index contributed by atoms with van der Waals surface area (Å²) in [6.45, 7) is 2.19. The summed E-state index contributed by atoms with van der Waals surface area (Å²) < 4.78 is 0. The van der Waals surface area contributed by atoms with Gasteiger partial charge in [-0.3, -0.25) is 4.98 Å². The molecule has 0 aliphatic heterocycles. The fourth-order valence-electron chi connectivity index (χ4n) is 6.38. The molecule has 0 fully saturated rings. The molecule has 1 aromatic heterocycles. The van der Waals surface area contributed by atoms with Crippen LogP contribution in [0.25, 0.3) is 76.5 Å². The third kappa shape index (κ3) is 3.98. The minimum Gasteiger partial charge on any atom is -0.265 e. The maximum Gasteiger partial charge on any atom is 0.0273 e. The van der Waals surface area contributed by atoms with Gasteiger partial charge in [-0.2, -0.15) is 0 Å². The summed E-state index contributed by atoms with van der Waals surface area (Å²) in [4.78, 5) is 4.26. The molecular formula is C40H27N. The van der Waals surface area contributed by atoms with E-state index in [0.717, 1.165) is 0 Å². The van der Waals surface area contributed by atoms with Crippen LogP contribution >= 0.6 is 0 Å². The number of fused-ring (bicyclic) bond motifs is 4. The lowest BCUT2D eigenvalue weighted by atomic mass is 9.83. The Labute approximate surface area is 239 Å². The molecule has 0 radical (unpaired) electrons. The molecule has 1 nitrogen and oxygen atoms in total. The number of pyridine rings is 1. The summed E-state index contributed by atoms with van der Waals surface area (Å²) in [5, 5.41) is 10.1. The number of benzene rings is 7. The Morgan fingerprint density at radius 2 is 0.878 bits per heavy atom. The van der Waals surface area contributed by atoms with Crippen molar-refractivity contribution < 1.29 is 0 Å². The molecule has 7 aromatic carbocycles. The number of aromatic nitrogens is 1. The zero-order valence-electron chi connectivity index (χ0n) is 22.8. The van der Waals surface area contributed by atoms with E-state index in [2.05, 4.69) is 145 Å². The van der Waals surface area contributed by atoms with Crippen LogP contribution in [0.4, 0.5) is 0 Å². The van der Waals surface area contributed by atoms with Crippen molar-refractivity contribution in [2.45, 2.75) is 6.92 Å². The average molecular weight is 522 g/mol. The molecule has 192 valence electrons. The van der Waals surface area contributed by atoms with Crippen LogP contribution in [-0.4, -0.2) is 4.98 Å². The normalized spacial score (nSPS) is 11.5. The molecule has 0 amide bonds. The summed E-state index contributed by atoms with van der Waals surface area (Å²) in [5.41, 5.74) is 8.67. The lowest BCUT2D eigenvalue weighted by Gasteiger charge is -2.20. The largest absolute Gasteiger partial charge is 0.265 e. The number of hydrogen-bond donors (Lipinski definition) is 0. The quantitative estimate of drug-likeness (QED) is 0.211. The van der Waals surface area contributed by atoms with Gasteiger partial charge >= 0.3 is 0 Å². The summed E-state index contributed by atoms with van der Waals surface area (Å²) in [6, 6.07) is 49.1. The van der Waals surface area contributed by atoms with Gasteiger partial charge < -0.3 is 0 Å². The number of rotatable bonds is 3. The van der Waals surface area contributed by atoms with Gasteiger partial charge in [-0.15, -0.1) is 0 Å². The minimum absolute atomic E-state index is 1.17. The first-order valence-corrected chi connectivity index (χ1v) is 14.1. The van der Waals surface area contributed by atoms with Crippen LogP contribution in [-0.2, 0) is 0 Å². The second-order valence-corrected chi connectivity index (χ2v) is 10.9. The van der Waals surface area contributed by atoms with Crippen LogP contribution in [0, 0.1) is 6.92 Å². The van der Waals surface area contributed by atoms with Gasteiger partial charge in [-0.1, -0.05) is 109 Å². The topological polar surface area (TPSA) is 12.9 Å². The van der Waals surface area contributed by atoms with Gasteiger partial charge in [0.1, 0.15) is 0 Å². The van der Waals surface area contributed by atoms with Crippen LogP contribution in [0.2, 0.25) is 0 Å². The molecule has 1 heterocycles. The van der Waals surface area contributed by atoms with Crippen molar-refractivity contribution in [1.82, 2.24) is 4.98 Å². The lowest BCUT2D eigenvalue weighted by molar-refractivity contribution is 1.33. The molecule has 8 rings (SSSR count). The SMILES string of the molecule is Cc1ccc2c(-c3ccc4ccccc4c3)c3cc(-c4ccncc4)ccc3c(-c3ccc4ccccc4c3)c2c1. The van der Waals surface area contributed by atoms with Gasteiger partial charge in [0.2, 0.25) is 0 Å². The monoisotopic (exact) mass is 521 g/mol. The maximum absolute atomic E-state index is 4.26. The van der Waals surface area contributed by atoms with Crippen molar-refractivity contribution in [1.29, 1.82) is 0 Å². The molecule has 0 bridgehead atoms. The first-order chi connectivity index (χ1) is 20.2. The summed E-state index contributed by atoms with van der Waals surface area (Å²) >= 11 is 0. The molecule has 0 aliphatic carbocycles. The first-order valence-electron chi connectivity index (χ1n) is 14.1. The molecule has 0 spiro atoms. The van der Waals surface area contributed by atoms with E-state index in [-0.39, 0.29) is 0 Å². The van der Waals surface area contributed by atoms with Crippen molar-refractivity contribution in [2.75, 3.05) is 0 Å². The Kier molecular flexibility index (Phi) is 5.43. The molecule has 41 heavy (non-hydrogen) atoms. The van der Waals surface area contributed by atoms with E-state index in [4.69, 9.17) is 0 Å². The zero-order chi connectivity index (χ0) is 27.3. The molecular weight excluding hydrogens is 494 g/mol. The molecule has 0 saturated carbocycles. The minimum atomic E-state index is 1.17. The van der Waals surface area contributed by atoms with E-state index in [1.54, 1.807) is 0 Å². The highest BCUT2D eigenvalue weighted by Crippen LogP contribution is 2.46. The van der Waals surface area contributed by atoms with Crippen molar-refractivity contribution in [3.05, 3.63) is 151 Å². The second kappa shape index (κ2) is 9.43. The molecule has 1 heteroatoms. The number of nitrogens with zero attached hydrogens (tertiary/aromatic N) is 1. The van der Waals surface area contributed by atoms with E-state index in [9.17, 15) is 0 Å². The van der Waals surface area contributed by atoms with Crippen molar-refractivity contribution in [2.24, 2.45) is 0 Å². The van der Waals surface area contributed by atoms with E-state index in [0.29, 0.717) is 0 Å². The Hall–Kier alpha value is -5.27. The third-order valence-electron chi connectivity index (χ3n) is 8.36. The maximum atomic E-state index is 4.26. The fraction of sp³-hybridized carbons (Fsp3) is 0.0250. The summed E-state index contributed by atoms with van der Waals surface area (Å²) in [5.74, 6) is 0. The number of hydrogen-bond acceptors (Lipinski definition) is 1. The standard InChI is InChI=1S/C40H27N/c1-26-10-16-35-37(22-26)39(33-13-11-27-6-2-4-8-30(27)23-33)36-17-15-32(29-18-20-41-21-19-29)25-38(36)40(35)34-14-12-28-7-3-5-9-31(28)24-34/h2-25H,1H3. The highest BCUT2D eigenvalue weighted by Gasteiger charge is 2.18. The van der Waals surface area contributed by atoms with Gasteiger partial charge in [-0.05, 0) is 114 Å². The Morgan fingerprint density at radius 3 is 1.49 bits per heavy atom. The zero-order valence-corrected chi connectivity index (χ0v) is 22.8. The van der Waals surface area contributed by atoms with Crippen molar-refractivity contribution in [3.8, 4) is 33.4 Å². The van der Waals surface area contributed by atoms with Gasteiger partial charge in [0, 0.05) is 12.4 Å². The van der Waals surface area contributed by atoms with Crippen molar-refractivity contribution in [3.63, 3.8) is 0 Å². The average Bonchev–Trinajstić information content (AvgIpc) is 3.03. The Balaban J connectivity index is 1.53. The highest BCUT2D eigenvalue weighted by atomic mass is 14.6. The second-order valence-electron chi connectivity index (χ2n) is 10.9.